The minimum Gasteiger partial charge on any atom is -0.380 e. The monoisotopic (exact) mass is 369 g/mol. The quantitative estimate of drug-likeness (QED) is 0.739. The number of nitrogens with zero attached hydrogens (tertiary/aromatic N) is 2. The fourth-order valence-corrected chi connectivity index (χ4v) is 3.34. The molecule has 0 spiro atoms. The predicted molar refractivity (Wildman–Crippen MR) is 99.7 cm³/mol. The van der Waals surface area contributed by atoms with Crippen LogP contribution < -0.4 is 5.32 Å². The van der Waals surface area contributed by atoms with Gasteiger partial charge in [0, 0.05) is 42.6 Å². The number of ether oxygens (including phenoxy) is 1. The molecule has 1 atom stereocenters. The van der Waals surface area contributed by atoms with Gasteiger partial charge in [-0.2, -0.15) is 5.10 Å². The molecule has 0 saturated carbocycles. The van der Waals surface area contributed by atoms with Crippen molar-refractivity contribution in [3.8, 4) is 16.9 Å². The summed E-state index contributed by atoms with van der Waals surface area (Å²) in [5, 5.41) is 8.11. The van der Waals surface area contributed by atoms with Gasteiger partial charge in [-0.25, -0.2) is 13.5 Å². The number of aromatic nitrogens is 2. The van der Waals surface area contributed by atoms with Gasteiger partial charge in [-0.3, -0.25) is 0 Å². The second kappa shape index (κ2) is 7.58. The van der Waals surface area contributed by atoms with Gasteiger partial charge in [0.15, 0.2) is 5.82 Å². The first-order valence-corrected chi connectivity index (χ1v) is 9.03. The van der Waals surface area contributed by atoms with Gasteiger partial charge in [-0.05, 0) is 31.0 Å². The number of hydrogen-bond acceptors (Lipinski definition) is 3. The van der Waals surface area contributed by atoms with Crippen molar-refractivity contribution in [1.29, 1.82) is 0 Å². The van der Waals surface area contributed by atoms with Crippen molar-refractivity contribution in [3.05, 3.63) is 71.4 Å². The van der Waals surface area contributed by atoms with E-state index in [2.05, 4.69) is 10.4 Å². The molecule has 0 radical (unpaired) electrons. The first-order chi connectivity index (χ1) is 13.1. The maximum atomic E-state index is 14.3. The molecular formula is C21H21F2N3O. The largest absolute Gasteiger partial charge is 0.380 e. The van der Waals surface area contributed by atoms with Crippen LogP contribution in [0.15, 0.2) is 48.7 Å². The van der Waals surface area contributed by atoms with Crippen LogP contribution in [0, 0.1) is 18.6 Å². The molecule has 4 nitrogen and oxygen atoms in total. The first-order valence-electron chi connectivity index (χ1n) is 9.03. The van der Waals surface area contributed by atoms with Crippen molar-refractivity contribution in [1.82, 2.24) is 15.1 Å². The van der Waals surface area contributed by atoms with Gasteiger partial charge in [-0.1, -0.05) is 24.3 Å². The zero-order valence-corrected chi connectivity index (χ0v) is 15.1. The number of aryl methyl sites for hydroxylation is 1. The minimum atomic E-state index is -0.641. The van der Waals surface area contributed by atoms with Gasteiger partial charge < -0.3 is 10.1 Å². The van der Waals surface area contributed by atoms with Crippen molar-refractivity contribution in [3.63, 3.8) is 0 Å². The summed E-state index contributed by atoms with van der Waals surface area (Å²) in [6.45, 7) is 4.08. The molecule has 0 aliphatic carbocycles. The molecule has 1 aliphatic heterocycles. The zero-order chi connectivity index (χ0) is 18.8. The highest BCUT2D eigenvalue weighted by Crippen LogP contribution is 2.27. The third-order valence-electron chi connectivity index (χ3n) is 4.86. The summed E-state index contributed by atoms with van der Waals surface area (Å²) in [6, 6.07) is 11.8. The highest BCUT2D eigenvalue weighted by atomic mass is 19.1. The Morgan fingerprint density at radius 1 is 1.22 bits per heavy atom. The van der Waals surface area contributed by atoms with Crippen LogP contribution in [0.3, 0.4) is 0 Å². The number of rotatable bonds is 5. The Kier molecular flexibility index (Phi) is 5.01. The summed E-state index contributed by atoms with van der Waals surface area (Å²) in [4.78, 5) is 0. The second-order valence-electron chi connectivity index (χ2n) is 6.80. The molecule has 4 rings (SSSR count). The first kappa shape index (κ1) is 17.8. The predicted octanol–water partition coefficient (Wildman–Crippen LogP) is 4.00. The molecule has 0 bridgehead atoms. The average molecular weight is 369 g/mol. The SMILES string of the molecule is Cc1ccccc1-c1nn(-c2ccc(F)cc2F)cc1CN[C@@H]1CCOC1. The molecule has 1 fully saturated rings. The molecule has 1 aromatic heterocycles. The molecule has 2 aromatic carbocycles. The molecule has 6 heteroatoms. The van der Waals surface area contributed by atoms with Crippen LogP contribution in [0.5, 0.6) is 0 Å². The lowest BCUT2D eigenvalue weighted by atomic mass is 10.0. The van der Waals surface area contributed by atoms with Gasteiger partial charge in [0.1, 0.15) is 11.5 Å². The normalized spacial score (nSPS) is 16.8. The number of nitrogens with one attached hydrogen (secondary N) is 1. The van der Waals surface area contributed by atoms with E-state index in [1.165, 1.54) is 16.8 Å². The molecule has 2 heterocycles. The van der Waals surface area contributed by atoms with Gasteiger partial charge >= 0.3 is 0 Å². The van der Waals surface area contributed by atoms with Crippen LogP contribution in [-0.4, -0.2) is 29.0 Å². The number of hydrogen-bond donors (Lipinski definition) is 1. The Hall–Kier alpha value is -2.57. The van der Waals surface area contributed by atoms with E-state index in [0.29, 0.717) is 19.2 Å². The lowest BCUT2D eigenvalue weighted by Gasteiger charge is -2.11. The Morgan fingerprint density at radius 3 is 2.81 bits per heavy atom. The molecule has 1 N–H and O–H groups in total. The van der Waals surface area contributed by atoms with E-state index in [9.17, 15) is 8.78 Å². The van der Waals surface area contributed by atoms with Crippen LogP contribution in [0.2, 0.25) is 0 Å². The lowest BCUT2D eigenvalue weighted by molar-refractivity contribution is 0.190. The van der Waals surface area contributed by atoms with Crippen molar-refractivity contribution < 1.29 is 13.5 Å². The Balaban J connectivity index is 1.73. The van der Waals surface area contributed by atoms with E-state index in [-0.39, 0.29) is 5.69 Å². The maximum absolute atomic E-state index is 14.3. The smallest absolute Gasteiger partial charge is 0.151 e. The highest BCUT2D eigenvalue weighted by molar-refractivity contribution is 5.66. The van der Waals surface area contributed by atoms with E-state index in [1.54, 1.807) is 6.20 Å². The van der Waals surface area contributed by atoms with Crippen molar-refractivity contribution in [2.75, 3.05) is 13.2 Å². The Morgan fingerprint density at radius 2 is 2.07 bits per heavy atom. The highest BCUT2D eigenvalue weighted by Gasteiger charge is 2.19. The van der Waals surface area contributed by atoms with Crippen LogP contribution in [-0.2, 0) is 11.3 Å². The summed E-state index contributed by atoms with van der Waals surface area (Å²) < 4.78 is 34.4. The van der Waals surface area contributed by atoms with Gasteiger partial charge in [0.25, 0.3) is 0 Å². The molecule has 1 saturated heterocycles. The van der Waals surface area contributed by atoms with Gasteiger partial charge in [0.2, 0.25) is 0 Å². The van der Waals surface area contributed by atoms with Crippen LogP contribution in [0.1, 0.15) is 17.5 Å². The van der Waals surface area contributed by atoms with Crippen LogP contribution in [0.4, 0.5) is 8.78 Å². The fraction of sp³-hybridized carbons (Fsp3) is 0.286. The van der Waals surface area contributed by atoms with E-state index in [1.807, 2.05) is 31.2 Å². The maximum Gasteiger partial charge on any atom is 0.151 e. The van der Waals surface area contributed by atoms with E-state index < -0.39 is 11.6 Å². The van der Waals surface area contributed by atoms with Crippen LogP contribution >= 0.6 is 0 Å². The molecule has 27 heavy (non-hydrogen) atoms. The molecular weight excluding hydrogens is 348 g/mol. The van der Waals surface area contributed by atoms with E-state index in [4.69, 9.17) is 4.74 Å². The Bertz CT molecular complexity index is 948. The fourth-order valence-electron chi connectivity index (χ4n) is 3.34. The Labute approximate surface area is 156 Å². The third kappa shape index (κ3) is 3.77. The molecule has 0 unspecified atom stereocenters. The van der Waals surface area contributed by atoms with Crippen molar-refractivity contribution in [2.45, 2.75) is 25.9 Å². The molecule has 0 amide bonds. The summed E-state index contributed by atoms with van der Waals surface area (Å²) in [7, 11) is 0. The van der Waals surface area contributed by atoms with E-state index in [0.717, 1.165) is 41.5 Å². The minimum absolute atomic E-state index is 0.224. The zero-order valence-electron chi connectivity index (χ0n) is 15.1. The van der Waals surface area contributed by atoms with Gasteiger partial charge in [0.05, 0.1) is 12.3 Å². The topological polar surface area (TPSA) is 39.1 Å². The molecule has 140 valence electrons. The van der Waals surface area contributed by atoms with E-state index >= 15 is 0 Å². The third-order valence-corrected chi connectivity index (χ3v) is 4.86. The average Bonchev–Trinajstić information content (AvgIpc) is 3.30. The summed E-state index contributed by atoms with van der Waals surface area (Å²) in [5.41, 5.74) is 4.07. The van der Waals surface area contributed by atoms with Gasteiger partial charge in [-0.15, -0.1) is 0 Å². The number of benzene rings is 2. The standard InChI is InChI=1S/C21H21F2N3O/c1-14-4-2-3-5-18(14)21-15(11-24-17-8-9-27-13-17)12-26(25-21)20-7-6-16(22)10-19(20)23/h2-7,10,12,17,24H,8-9,11,13H2,1H3/t17-/m1/s1. The lowest BCUT2D eigenvalue weighted by Crippen LogP contribution is -2.28. The van der Waals surface area contributed by atoms with Crippen molar-refractivity contribution in [2.24, 2.45) is 0 Å². The summed E-state index contributed by atoms with van der Waals surface area (Å²) in [6.07, 6.45) is 2.78. The molecule has 3 aromatic rings. The summed E-state index contributed by atoms with van der Waals surface area (Å²) >= 11 is 0. The molecule has 1 aliphatic rings. The van der Waals surface area contributed by atoms with Crippen LogP contribution in [0.25, 0.3) is 16.9 Å². The number of halogens is 2. The summed E-state index contributed by atoms with van der Waals surface area (Å²) in [5.74, 6) is -1.25. The second-order valence-corrected chi connectivity index (χ2v) is 6.80. The van der Waals surface area contributed by atoms with Crippen molar-refractivity contribution >= 4 is 0 Å².